The average molecular weight is 338 g/mol. The van der Waals surface area contributed by atoms with Gasteiger partial charge in [0.15, 0.2) is 5.76 Å². The third-order valence-electron chi connectivity index (χ3n) is 3.98. The van der Waals surface area contributed by atoms with Crippen molar-refractivity contribution in [1.82, 2.24) is 19.8 Å². The van der Waals surface area contributed by atoms with E-state index in [0.717, 1.165) is 42.2 Å². The first-order chi connectivity index (χ1) is 10.9. The van der Waals surface area contributed by atoms with E-state index in [1.54, 1.807) is 6.20 Å². The molecule has 0 spiro atoms. The smallest absolute Gasteiger partial charge is 0.208 e. The fourth-order valence-electron chi connectivity index (χ4n) is 3.05. The third-order valence-corrected chi connectivity index (χ3v) is 4.75. The highest BCUT2D eigenvalue weighted by Gasteiger charge is 2.23. The lowest BCUT2D eigenvalue weighted by molar-refractivity contribution is 0.195. The maximum atomic E-state index is 11.4. The summed E-state index contributed by atoms with van der Waals surface area (Å²) in [5.41, 5.74) is 1.94. The number of hydrogen-bond donors (Lipinski definition) is 2. The molecule has 126 valence electrons. The van der Waals surface area contributed by atoms with Gasteiger partial charge in [-0.2, -0.15) is 5.10 Å². The first kappa shape index (κ1) is 16.2. The van der Waals surface area contributed by atoms with Gasteiger partial charge >= 0.3 is 0 Å². The van der Waals surface area contributed by atoms with E-state index in [-0.39, 0.29) is 6.04 Å². The molecule has 1 aliphatic rings. The van der Waals surface area contributed by atoms with Crippen LogP contribution in [0.1, 0.15) is 24.2 Å². The van der Waals surface area contributed by atoms with E-state index < -0.39 is 10.0 Å². The van der Waals surface area contributed by atoms with Gasteiger partial charge in [0, 0.05) is 24.7 Å². The first-order valence-electron chi connectivity index (χ1n) is 7.69. The molecule has 7 nitrogen and oxygen atoms in total. The molecule has 0 aliphatic carbocycles. The Labute approximate surface area is 136 Å². The zero-order valence-electron chi connectivity index (χ0n) is 13.4. The van der Waals surface area contributed by atoms with E-state index in [2.05, 4.69) is 19.8 Å². The number of hydrogen-bond acceptors (Lipinski definition) is 5. The summed E-state index contributed by atoms with van der Waals surface area (Å²) >= 11 is 0. The largest absolute Gasteiger partial charge is 0.460 e. The SMILES string of the molecule is Cc1ccc(-c2[nH]ncc2CN2CCC[C@@H](NS(C)(=O)=O)C2)o1. The Kier molecular flexibility index (Phi) is 4.56. The van der Waals surface area contributed by atoms with Gasteiger partial charge in [-0.1, -0.05) is 0 Å². The molecule has 0 saturated carbocycles. The van der Waals surface area contributed by atoms with E-state index in [0.29, 0.717) is 13.1 Å². The topological polar surface area (TPSA) is 91.2 Å². The maximum absolute atomic E-state index is 11.4. The monoisotopic (exact) mass is 338 g/mol. The van der Waals surface area contributed by atoms with Crippen LogP contribution in [0.5, 0.6) is 0 Å². The molecule has 0 aromatic carbocycles. The van der Waals surface area contributed by atoms with Crippen molar-refractivity contribution in [2.45, 2.75) is 32.4 Å². The van der Waals surface area contributed by atoms with Crippen LogP contribution in [-0.2, 0) is 16.6 Å². The minimum absolute atomic E-state index is 0.0278. The average Bonchev–Trinajstić information content (AvgIpc) is 3.06. The Morgan fingerprint density at radius 2 is 2.30 bits per heavy atom. The highest BCUT2D eigenvalue weighted by Crippen LogP contribution is 2.25. The zero-order chi connectivity index (χ0) is 16.4. The van der Waals surface area contributed by atoms with Crippen LogP contribution in [0, 0.1) is 6.92 Å². The summed E-state index contributed by atoms with van der Waals surface area (Å²) in [7, 11) is -3.17. The second kappa shape index (κ2) is 6.46. The number of furan rings is 1. The van der Waals surface area contributed by atoms with Crippen molar-refractivity contribution in [2.24, 2.45) is 0 Å². The second-order valence-corrected chi connectivity index (χ2v) is 7.92. The summed E-state index contributed by atoms with van der Waals surface area (Å²) in [5.74, 6) is 1.63. The van der Waals surface area contributed by atoms with Gasteiger partial charge in [0.2, 0.25) is 10.0 Å². The van der Waals surface area contributed by atoms with E-state index in [1.165, 1.54) is 6.26 Å². The minimum atomic E-state index is -3.17. The molecule has 8 heteroatoms. The molecule has 3 heterocycles. The van der Waals surface area contributed by atoms with Crippen molar-refractivity contribution >= 4 is 10.0 Å². The summed E-state index contributed by atoms with van der Waals surface area (Å²) in [6, 6.07) is 3.82. The van der Waals surface area contributed by atoms with Crippen LogP contribution in [0.2, 0.25) is 0 Å². The maximum Gasteiger partial charge on any atom is 0.208 e. The highest BCUT2D eigenvalue weighted by molar-refractivity contribution is 7.88. The van der Waals surface area contributed by atoms with Crippen LogP contribution in [0.3, 0.4) is 0 Å². The van der Waals surface area contributed by atoms with Crippen LogP contribution in [0.15, 0.2) is 22.7 Å². The van der Waals surface area contributed by atoms with Gasteiger partial charge in [-0.05, 0) is 38.4 Å². The van der Waals surface area contributed by atoms with Gasteiger partial charge < -0.3 is 4.42 Å². The standard InChI is InChI=1S/C15H22N4O3S/c1-11-5-6-14(22-11)15-12(8-16-17-15)9-19-7-3-4-13(10-19)18-23(2,20)21/h5-6,8,13,18H,3-4,7,9-10H2,1-2H3,(H,16,17)/t13-/m1/s1. The number of nitrogens with zero attached hydrogens (tertiary/aromatic N) is 2. The lowest BCUT2D eigenvalue weighted by Crippen LogP contribution is -2.46. The van der Waals surface area contributed by atoms with Crippen molar-refractivity contribution in [3.8, 4) is 11.5 Å². The number of sulfonamides is 1. The molecule has 1 saturated heterocycles. The van der Waals surface area contributed by atoms with Crippen LogP contribution < -0.4 is 4.72 Å². The number of aryl methyl sites for hydroxylation is 1. The summed E-state index contributed by atoms with van der Waals surface area (Å²) in [6.45, 7) is 4.28. The van der Waals surface area contributed by atoms with Crippen LogP contribution in [-0.4, -0.2) is 48.9 Å². The van der Waals surface area contributed by atoms with Crippen LogP contribution in [0.4, 0.5) is 0 Å². The molecular weight excluding hydrogens is 316 g/mol. The fraction of sp³-hybridized carbons (Fsp3) is 0.533. The summed E-state index contributed by atoms with van der Waals surface area (Å²) in [6.07, 6.45) is 4.86. The lowest BCUT2D eigenvalue weighted by atomic mass is 10.1. The molecule has 23 heavy (non-hydrogen) atoms. The summed E-state index contributed by atoms with van der Waals surface area (Å²) < 4.78 is 31.2. The Hall–Kier alpha value is -1.64. The van der Waals surface area contributed by atoms with Gasteiger partial charge in [0.05, 0.1) is 12.5 Å². The van der Waals surface area contributed by atoms with Crippen molar-refractivity contribution in [2.75, 3.05) is 19.3 Å². The lowest BCUT2D eigenvalue weighted by Gasteiger charge is -2.32. The summed E-state index contributed by atoms with van der Waals surface area (Å²) in [5, 5.41) is 7.12. The van der Waals surface area contributed by atoms with Gasteiger partial charge in [-0.3, -0.25) is 10.00 Å². The fourth-order valence-corrected chi connectivity index (χ4v) is 3.85. The van der Waals surface area contributed by atoms with E-state index in [4.69, 9.17) is 4.42 Å². The van der Waals surface area contributed by atoms with Gasteiger partial charge in [-0.15, -0.1) is 0 Å². The molecule has 3 rings (SSSR count). The van der Waals surface area contributed by atoms with Crippen LogP contribution >= 0.6 is 0 Å². The van der Waals surface area contributed by atoms with E-state index in [9.17, 15) is 8.42 Å². The molecule has 0 amide bonds. The quantitative estimate of drug-likeness (QED) is 0.862. The van der Waals surface area contributed by atoms with Crippen molar-refractivity contribution in [1.29, 1.82) is 0 Å². The Morgan fingerprint density at radius 1 is 1.48 bits per heavy atom. The molecular formula is C15H22N4O3S. The predicted molar refractivity (Wildman–Crippen MR) is 87.3 cm³/mol. The normalized spacial score (nSPS) is 20.0. The van der Waals surface area contributed by atoms with E-state index in [1.807, 2.05) is 19.1 Å². The van der Waals surface area contributed by atoms with Crippen molar-refractivity contribution in [3.05, 3.63) is 29.7 Å². The van der Waals surface area contributed by atoms with Gasteiger partial charge in [0.25, 0.3) is 0 Å². The Bertz CT molecular complexity index is 765. The number of likely N-dealkylation sites (tertiary alicyclic amines) is 1. The van der Waals surface area contributed by atoms with Gasteiger partial charge in [-0.25, -0.2) is 13.1 Å². The second-order valence-electron chi connectivity index (χ2n) is 6.14. The van der Waals surface area contributed by atoms with E-state index >= 15 is 0 Å². The molecule has 1 atom stereocenters. The molecule has 2 aromatic rings. The number of nitrogens with one attached hydrogen (secondary N) is 2. The third kappa shape index (κ3) is 4.21. The predicted octanol–water partition coefficient (Wildman–Crippen LogP) is 1.49. The Morgan fingerprint density at radius 3 is 3.00 bits per heavy atom. The number of rotatable bonds is 5. The number of piperidine rings is 1. The van der Waals surface area contributed by atoms with Crippen molar-refractivity contribution in [3.63, 3.8) is 0 Å². The highest BCUT2D eigenvalue weighted by atomic mass is 32.2. The van der Waals surface area contributed by atoms with Crippen molar-refractivity contribution < 1.29 is 12.8 Å². The first-order valence-corrected chi connectivity index (χ1v) is 9.58. The minimum Gasteiger partial charge on any atom is -0.460 e. The molecule has 1 fully saturated rings. The van der Waals surface area contributed by atoms with Gasteiger partial charge in [0.1, 0.15) is 11.5 Å². The molecule has 2 N–H and O–H groups in total. The van der Waals surface area contributed by atoms with Crippen LogP contribution in [0.25, 0.3) is 11.5 Å². The molecule has 0 bridgehead atoms. The Balaban J connectivity index is 1.69. The summed E-state index contributed by atoms with van der Waals surface area (Å²) in [4.78, 5) is 2.25. The number of aromatic nitrogens is 2. The molecule has 2 aromatic heterocycles. The number of H-pyrrole nitrogens is 1. The molecule has 1 aliphatic heterocycles. The molecule has 0 radical (unpaired) electrons. The zero-order valence-corrected chi connectivity index (χ0v) is 14.2. The number of aromatic amines is 1. The molecule has 0 unspecified atom stereocenters.